The smallest absolute Gasteiger partial charge is 0.317 e. The number of urea groups is 1. The number of benzene rings is 1. The molecule has 6 heteroatoms. The molecule has 2 aliphatic heterocycles. The molecule has 0 unspecified atom stereocenters. The normalized spacial score (nSPS) is 20.0. The van der Waals surface area contributed by atoms with Crippen LogP contribution in [0.4, 0.5) is 4.79 Å². The summed E-state index contributed by atoms with van der Waals surface area (Å²) in [6, 6.07) is 10.0. The van der Waals surface area contributed by atoms with Gasteiger partial charge in [-0.05, 0) is 32.0 Å². The van der Waals surface area contributed by atoms with Crippen molar-refractivity contribution in [3.63, 3.8) is 0 Å². The van der Waals surface area contributed by atoms with E-state index in [-0.39, 0.29) is 24.0 Å². The Balaban J connectivity index is 1.66. The zero-order chi connectivity index (χ0) is 17.8. The van der Waals surface area contributed by atoms with E-state index in [4.69, 9.17) is 0 Å². The van der Waals surface area contributed by atoms with Crippen LogP contribution in [0.25, 0.3) is 0 Å². The number of carbonyl (C=O) groups excluding carboxylic acids is 2. The fourth-order valence-corrected chi connectivity index (χ4v) is 3.81. The topological polar surface area (TPSA) is 55.9 Å². The summed E-state index contributed by atoms with van der Waals surface area (Å²) < 4.78 is 0. The predicted octanol–water partition coefficient (Wildman–Crippen LogP) is 1.70. The molecule has 0 aromatic heterocycles. The maximum Gasteiger partial charge on any atom is 0.317 e. The molecule has 6 nitrogen and oxygen atoms in total. The molecule has 2 aliphatic rings. The summed E-state index contributed by atoms with van der Waals surface area (Å²) in [6.45, 7) is 5.83. The quantitative estimate of drug-likeness (QED) is 0.884. The number of hydrogen-bond acceptors (Lipinski definition) is 3. The van der Waals surface area contributed by atoms with Crippen molar-refractivity contribution in [2.75, 3.05) is 39.8 Å². The second kappa shape index (κ2) is 7.87. The molecule has 0 saturated carbocycles. The summed E-state index contributed by atoms with van der Waals surface area (Å²) in [5.41, 5.74) is 1.04. The van der Waals surface area contributed by atoms with Crippen LogP contribution in [0.15, 0.2) is 30.3 Å². The number of carbonyl (C=O) groups is 2. The molecule has 1 atom stereocenters. The van der Waals surface area contributed by atoms with E-state index in [2.05, 4.69) is 17.1 Å². The Hall–Kier alpha value is -2.08. The first-order chi connectivity index (χ1) is 12.1. The van der Waals surface area contributed by atoms with Gasteiger partial charge in [-0.3, -0.25) is 9.69 Å². The van der Waals surface area contributed by atoms with Crippen LogP contribution in [-0.2, 0) is 4.79 Å². The van der Waals surface area contributed by atoms with Crippen molar-refractivity contribution in [3.8, 4) is 0 Å². The number of piperidine rings is 1. The second-order valence-electron chi connectivity index (χ2n) is 6.87. The van der Waals surface area contributed by atoms with Crippen LogP contribution in [0.2, 0.25) is 0 Å². The maximum absolute atomic E-state index is 13.2. The molecular weight excluding hydrogens is 316 g/mol. The lowest BCUT2D eigenvalue weighted by atomic mass is 9.99. The predicted molar refractivity (Wildman–Crippen MR) is 97.2 cm³/mol. The first-order valence-corrected chi connectivity index (χ1v) is 9.20. The lowest BCUT2D eigenvalue weighted by Crippen LogP contribution is -2.50. The van der Waals surface area contributed by atoms with E-state index in [1.54, 1.807) is 0 Å². The van der Waals surface area contributed by atoms with Crippen LogP contribution in [0, 0.1) is 0 Å². The highest BCUT2D eigenvalue weighted by atomic mass is 16.2. The molecular formula is C19H28N4O2. The molecule has 2 heterocycles. The van der Waals surface area contributed by atoms with Crippen molar-refractivity contribution in [2.45, 2.75) is 31.8 Å². The molecule has 1 N–H and O–H groups in total. The molecule has 2 saturated heterocycles. The van der Waals surface area contributed by atoms with Gasteiger partial charge in [0.25, 0.3) is 0 Å². The van der Waals surface area contributed by atoms with Crippen LogP contribution < -0.4 is 5.32 Å². The lowest BCUT2D eigenvalue weighted by Gasteiger charge is -2.39. The van der Waals surface area contributed by atoms with Gasteiger partial charge in [0.1, 0.15) is 6.04 Å². The molecule has 0 radical (unpaired) electrons. The standard InChI is InChI=1S/C19H28N4O2/c1-3-21(2)17(15-7-5-4-6-8-15)18(24)22-12-9-16(10-13-22)23-14-11-20-19(23)25/h4-8,16-17H,3,9-14H2,1-2H3,(H,20,25)/t17-/m0/s1. The van der Waals surface area contributed by atoms with Gasteiger partial charge in [0.2, 0.25) is 5.91 Å². The molecule has 0 spiro atoms. The van der Waals surface area contributed by atoms with Gasteiger partial charge in [0.05, 0.1) is 0 Å². The van der Waals surface area contributed by atoms with Crippen molar-refractivity contribution in [1.29, 1.82) is 0 Å². The summed E-state index contributed by atoms with van der Waals surface area (Å²) in [7, 11) is 2.00. The largest absolute Gasteiger partial charge is 0.341 e. The Morgan fingerprint density at radius 3 is 2.48 bits per heavy atom. The number of rotatable bonds is 5. The van der Waals surface area contributed by atoms with Gasteiger partial charge in [0.15, 0.2) is 0 Å². The average Bonchev–Trinajstić information content (AvgIpc) is 3.08. The first-order valence-electron chi connectivity index (χ1n) is 9.20. The van der Waals surface area contributed by atoms with Crippen LogP contribution in [-0.4, -0.2) is 72.5 Å². The molecule has 0 aliphatic carbocycles. The zero-order valence-electron chi connectivity index (χ0n) is 15.1. The highest BCUT2D eigenvalue weighted by molar-refractivity contribution is 5.83. The molecule has 2 fully saturated rings. The van der Waals surface area contributed by atoms with Crippen LogP contribution in [0.3, 0.4) is 0 Å². The number of nitrogens with zero attached hydrogens (tertiary/aromatic N) is 3. The van der Waals surface area contributed by atoms with Gasteiger partial charge in [-0.1, -0.05) is 37.3 Å². The average molecular weight is 344 g/mol. The number of likely N-dealkylation sites (tertiary alicyclic amines) is 1. The van der Waals surface area contributed by atoms with E-state index in [1.807, 2.05) is 47.2 Å². The van der Waals surface area contributed by atoms with E-state index < -0.39 is 0 Å². The third kappa shape index (κ3) is 3.79. The van der Waals surface area contributed by atoms with E-state index >= 15 is 0 Å². The van der Waals surface area contributed by atoms with Crippen molar-refractivity contribution < 1.29 is 9.59 Å². The van der Waals surface area contributed by atoms with Gasteiger partial charge in [-0.25, -0.2) is 4.79 Å². The summed E-state index contributed by atoms with van der Waals surface area (Å²) in [6.07, 6.45) is 1.72. The Kier molecular flexibility index (Phi) is 5.58. The Bertz CT molecular complexity index is 599. The van der Waals surface area contributed by atoms with E-state index in [1.165, 1.54) is 0 Å². The molecule has 1 aromatic rings. The highest BCUT2D eigenvalue weighted by Gasteiger charge is 2.35. The summed E-state index contributed by atoms with van der Waals surface area (Å²) in [4.78, 5) is 31.0. The molecule has 136 valence electrons. The van der Waals surface area contributed by atoms with Gasteiger partial charge in [0, 0.05) is 32.2 Å². The van der Waals surface area contributed by atoms with E-state index in [0.717, 1.165) is 38.0 Å². The molecule has 0 bridgehead atoms. The van der Waals surface area contributed by atoms with Gasteiger partial charge >= 0.3 is 6.03 Å². The SMILES string of the molecule is CCN(C)[C@H](C(=O)N1CCC(N2CCNC2=O)CC1)c1ccccc1. The van der Waals surface area contributed by atoms with Gasteiger partial charge in [-0.2, -0.15) is 0 Å². The minimum atomic E-state index is -0.238. The molecule has 3 rings (SSSR count). The molecule has 3 amide bonds. The number of hydrogen-bond donors (Lipinski definition) is 1. The van der Waals surface area contributed by atoms with Crippen LogP contribution in [0.1, 0.15) is 31.4 Å². The summed E-state index contributed by atoms with van der Waals surface area (Å²) >= 11 is 0. The lowest BCUT2D eigenvalue weighted by molar-refractivity contribution is -0.138. The number of nitrogens with one attached hydrogen (secondary N) is 1. The fourth-order valence-electron chi connectivity index (χ4n) is 3.81. The van der Waals surface area contributed by atoms with Crippen LogP contribution >= 0.6 is 0 Å². The monoisotopic (exact) mass is 344 g/mol. The Labute approximate surface area is 149 Å². The van der Waals surface area contributed by atoms with Crippen molar-refractivity contribution in [2.24, 2.45) is 0 Å². The minimum absolute atomic E-state index is 0.0395. The number of likely N-dealkylation sites (N-methyl/N-ethyl adjacent to an activating group) is 1. The molecule has 1 aromatic carbocycles. The number of amides is 3. The van der Waals surface area contributed by atoms with E-state index in [9.17, 15) is 9.59 Å². The second-order valence-corrected chi connectivity index (χ2v) is 6.87. The first kappa shape index (κ1) is 17.7. The zero-order valence-corrected chi connectivity index (χ0v) is 15.1. The minimum Gasteiger partial charge on any atom is -0.341 e. The fraction of sp³-hybridized carbons (Fsp3) is 0.579. The van der Waals surface area contributed by atoms with Gasteiger partial charge < -0.3 is 15.1 Å². The highest BCUT2D eigenvalue weighted by Crippen LogP contribution is 2.25. The van der Waals surface area contributed by atoms with Crippen molar-refractivity contribution in [3.05, 3.63) is 35.9 Å². The van der Waals surface area contributed by atoms with Crippen molar-refractivity contribution >= 4 is 11.9 Å². The van der Waals surface area contributed by atoms with Crippen LogP contribution in [0.5, 0.6) is 0 Å². The van der Waals surface area contributed by atoms with Crippen molar-refractivity contribution in [1.82, 2.24) is 20.0 Å². The van der Waals surface area contributed by atoms with E-state index in [0.29, 0.717) is 13.1 Å². The Morgan fingerprint density at radius 2 is 1.92 bits per heavy atom. The summed E-state index contributed by atoms with van der Waals surface area (Å²) in [5.74, 6) is 0.167. The maximum atomic E-state index is 13.2. The third-order valence-corrected chi connectivity index (χ3v) is 5.40. The Morgan fingerprint density at radius 1 is 1.24 bits per heavy atom. The third-order valence-electron chi connectivity index (χ3n) is 5.40. The van der Waals surface area contributed by atoms with Gasteiger partial charge in [-0.15, -0.1) is 0 Å². The summed E-state index contributed by atoms with van der Waals surface area (Å²) in [5, 5.41) is 2.86. The molecule has 25 heavy (non-hydrogen) atoms.